The molecule has 0 radical (unpaired) electrons. The number of nitrogens with one attached hydrogen (secondary N) is 1. The molecule has 7 nitrogen and oxygen atoms in total. The van der Waals surface area contributed by atoms with Gasteiger partial charge in [0.05, 0.1) is 6.10 Å². The minimum absolute atomic E-state index is 0.164. The number of aliphatic hydroxyl groups is 1. The summed E-state index contributed by atoms with van der Waals surface area (Å²) in [5.41, 5.74) is 4.80. The molecule has 0 spiro atoms. The van der Waals surface area contributed by atoms with Crippen molar-refractivity contribution in [3.63, 3.8) is 0 Å². The lowest BCUT2D eigenvalue weighted by atomic mass is 9.93. The van der Waals surface area contributed by atoms with E-state index in [0.29, 0.717) is 12.1 Å². The number of anilines is 1. The minimum Gasteiger partial charge on any atom is -0.393 e. The van der Waals surface area contributed by atoms with Gasteiger partial charge in [0.15, 0.2) is 0 Å². The van der Waals surface area contributed by atoms with Crippen LogP contribution in [0.5, 0.6) is 0 Å². The second-order valence-electron chi connectivity index (χ2n) is 12.1. The van der Waals surface area contributed by atoms with Crippen molar-refractivity contribution in [3.05, 3.63) is 42.2 Å². The predicted molar refractivity (Wildman–Crippen MR) is 154 cm³/mol. The van der Waals surface area contributed by atoms with Gasteiger partial charge in [-0.2, -0.15) is 4.98 Å². The smallest absolute Gasteiger partial charge is 0.224 e. The molecule has 38 heavy (non-hydrogen) atoms. The fraction of sp³-hybridized carbons (Fsp3) is 0.613. The Balaban J connectivity index is 1.21. The van der Waals surface area contributed by atoms with Crippen molar-refractivity contribution < 1.29 is 5.11 Å². The highest BCUT2D eigenvalue weighted by atomic mass is 16.3. The van der Waals surface area contributed by atoms with Crippen molar-refractivity contribution in [1.29, 1.82) is 0 Å². The van der Waals surface area contributed by atoms with Gasteiger partial charge in [-0.1, -0.05) is 37.1 Å². The Morgan fingerprint density at radius 2 is 1.71 bits per heavy atom. The highest BCUT2D eigenvalue weighted by Gasteiger charge is 2.25. The van der Waals surface area contributed by atoms with Crippen molar-refractivity contribution in [1.82, 2.24) is 24.3 Å². The van der Waals surface area contributed by atoms with Crippen LogP contribution in [0.2, 0.25) is 0 Å². The third-order valence-electron chi connectivity index (χ3n) is 8.97. The average molecular weight is 517 g/mol. The van der Waals surface area contributed by atoms with Gasteiger partial charge >= 0.3 is 0 Å². The number of hydrogen-bond donors (Lipinski definition) is 2. The number of rotatable bonds is 9. The molecule has 1 saturated heterocycles. The van der Waals surface area contributed by atoms with Gasteiger partial charge in [0.1, 0.15) is 5.65 Å². The van der Waals surface area contributed by atoms with Gasteiger partial charge in [-0.05, 0) is 63.0 Å². The fourth-order valence-electron chi connectivity index (χ4n) is 6.24. The summed E-state index contributed by atoms with van der Waals surface area (Å²) in [6.45, 7) is 11.1. The summed E-state index contributed by atoms with van der Waals surface area (Å²) in [4.78, 5) is 14.9. The number of aliphatic hydroxyl groups excluding tert-OH is 1. The second-order valence-corrected chi connectivity index (χ2v) is 12.1. The summed E-state index contributed by atoms with van der Waals surface area (Å²) in [6.07, 6.45) is 11.8. The van der Waals surface area contributed by atoms with Crippen LogP contribution in [0.15, 0.2) is 36.7 Å². The summed E-state index contributed by atoms with van der Waals surface area (Å²) in [6, 6.07) is 10.1. The maximum Gasteiger partial charge on any atom is 0.224 e. The molecule has 3 aliphatic rings. The Morgan fingerprint density at radius 1 is 0.974 bits per heavy atom. The SMILES string of the molecule is CC(C)N1CCN(Cc2ccc(-c3cn([C@H]4CC[C@H](O)CC4)c4nc(NCCC5CC5)ncc34)cc2)CC1. The van der Waals surface area contributed by atoms with Crippen LogP contribution in [0.1, 0.15) is 70.4 Å². The number of hydrogen-bond acceptors (Lipinski definition) is 6. The van der Waals surface area contributed by atoms with Gasteiger partial charge in [-0.25, -0.2) is 4.98 Å². The van der Waals surface area contributed by atoms with E-state index in [0.717, 1.165) is 87.9 Å². The molecule has 2 aromatic heterocycles. The average Bonchev–Trinajstić information content (AvgIpc) is 3.68. The van der Waals surface area contributed by atoms with Crippen molar-refractivity contribution in [3.8, 4) is 11.1 Å². The molecule has 204 valence electrons. The Labute approximate surface area is 227 Å². The van der Waals surface area contributed by atoms with Gasteiger partial charge in [0.25, 0.3) is 0 Å². The third kappa shape index (κ3) is 5.90. The van der Waals surface area contributed by atoms with Crippen LogP contribution in [0.4, 0.5) is 5.95 Å². The van der Waals surface area contributed by atoms with Crippen molar-refractivity contribution in [2.24, 2.45) is 5.92 Å². The van der Waals surface area contributed by atoms with E-state index in [4.69, 9.17) is 9.97 Å². The zero-order chi connectivity index (χ0) is 26.1. The molecule has 7 heteroatoms. The largest absolute Gasteiger partial charge is 0.393 e. The van der Waals surface area contributed by atoms with Crippen molar-refractivity contribution in [2.75, 3.05) is 38.0 Å². The molecule has 2 N–H and O–H groups in total. The molecule has 2 aliphatic carbocycles. The molecule has 0 bridgehead atoms. The molecule has 3 heterocycles. The van der Waals surface area contributed by atoms with E-state index < -0.39 is 0 Å². The number of nitrogens with zero attached hydrogens (tertiary/aromatic N) is 5. The first-order valence-corrected chi connectivity index (χ1v) is 14.9. The van der Waals surface area contributed by atoms with Crippen molar-refractivity contribution in [2.45, 2.75) is 83.5 Å². The molecule has 0 amide bonds. The van der Waals surface area contributed by atoms with Crippen molar-refractivity contribution >= 4 is 17.0 Å². The van der Waals surface area contributed by atoms with Gasteiger partial charge in [-0.15, -0.1) is 0 Å². The third-order valence-corrected chi connectivity index (χ3v) is 8.97. The molecule has 1 aromatic carbocycles. The topological polar surface area (TPSA) is 69.5 Å². The molecule has 0 unspecified atom stereocenters. The van der Waals surface area contributed by atoms with Crippen LogP contribution >= 0.6 is 0 Å². The van der Waals surface area contributed by atoms with E-state index in [2.05, 4.69) is 64.0 Å². The number of aromatic nitrogens is 3. The number of piperazine rings is 1. The van der Waals surface area contributed by atoms with E-state index >= 15 is 0 Å². The zero-order valence-electron chi connectivity index (χ0n) is 23.1. The summed E-state index contributed by atoms with van der Waals surface area (Å²) in [7, 11) is 0. The number of fused-ring (bicyclic) bond motifs is 1. The van der Waals surface area contributed by atoms with E-state index in [1.165, 1.54) is 36.0 Å². The molecule has 0 atom stereocenters. The second kappa shape index (κ2) is 11.3. The summed E-state index contributed by atoms with van der Waals surface area (Å²) < 4.78 is 2.37. The van der Waals surface area contributed by atoms with Gasteiger partial charge in [0.2, 0.25) is 5.95 Å². The maximum atomic E-state index is 10.1. The first-order valence-electron chi connectivity index (χ1n) is 14.9. The predicted octanol–water partition coefficient (Wildman–Crippen LogP) is 5.31. The summed E-state index contributed by atoms with van der Waals surface area (Å²) in [5.74, 6) is 1.62. The van der Waals surface area contributed by atoms with Gasteiger partial charge in [0, 0.05) is 74.7 Å². The lowest BCUT2D eigenvalue weighted by molar-refractivity contribution is 0.104. The zero-order valence-corrected chi connectivity index (χ0v) is 23.1. The lowest BCUT2D eigenvalue weighted by Gasteiger charge is -2.36. The Kier molecular flexibility index (Phi) is 7.68. The molecule has 2 saturated carbocycles. The standard InChI is InChI=1S/C31H44N6O/c1-22(2)36-17-15-35(16-18-36)20-24-5-7-25(8-6-24)29-21-37(26-9-11-27(38)12-10-26)30-28(29)19-33-31(34-30)32-14-13-23-3-4-23/h5-8,19,21-23,26-27,38H,3-4,9-18,20H2,1-2H3,(H,32,33,34)/t26-,27-. The molecule has 1 aliphatic heterocycles. The van der Waals surface area contributed by atoms with E-state index in [-0.39, 0.29) is 6.10 Å². The van der Waals surface area contributed by atoms with E-state index in [1.807, 2.05) is 6.20 Å². The van der Waals surface area contributed by atoms with Gasteiger partial charge < -0.3 is 15.0 Å². The lowest BCUT2D eigenvalue weighted by Crippen LogP contribution is -2.48. The quantitative estimate of drug-likeness (QED) is 0.402. The first-order chi connectivity index (χ1) is 18.5. The Hall–Kier alpha value is -2.48. The van der Waals surface area contributed by atoms with Crippen LogP contribution in [0, 0.1) is 5.92 Å². The Morgan fingerprint density at radius 3 is 2.39 bits per heavy atom. The minimum atomic E-state index is -0.164. The molecular weight excluding hydrogens is 472 g/mol. The number of benzene rings is 1. The summed E-state index contributed by atoms with van der Waals surface area (Å²) in [5, 5.41) is 14.7. The van der Waals surface area contributed by atoms with Crippen LogP contribution in [-0.4, -0.2) is 74.3 Å². The van der Waals surface area contributed by atoms with Crippen LogP contribution in [-0.2, 0) is 6.54 Å². The normalized spacial score (nSPS) is 23.4. The monoisotopic (exact) mass is 516 g/mol. The van der Waals surface area contributed by atoms with E-state index in [1.54, 1.807) is 0 Å². The molecular formula is C31H44N6O. The Bertz CT molecular complexity index is 1200. The molecule has 6 rings (SSSR count). The van der Waals surface area contributed by atoms with Crippen LogP contribution in [0.25, 0.3) is 22.2 Å². The van der Waals surface area contributed by atoms with Gasteiger partial charge in [-0.3, -0.25) is 9.80 Å². The molecule has 3 fully saturated rings. The highest BCUT2D eigenvalue weighted by Crippen LogP contribution is 2.37. The highest BCUT2D eigenvalue weighted by molar-refractivity contribution is 5.94. The fourth-order valence-corrected chi connectivity index (χ4v) is 6.24. The molecule has 3 aromatic rings. The van der Waals surface area contributed by atoms with E-state index in [9.17, 15) is 5.11 Å². The first kappa shape index (κ1) is 25.8. The van der Waals surface area contributed by atoms with Crippen LogP contribution < -0.4 is 5.32 Å². The maximum absolute atomic E-state index is 10.1. The summed E-state index contributed by atoms with van der Waals surface area (Å²) >= 11 is 0. The van der Waals surface area contributed by atoms with Crippen LogP contribution in [0.3, 0.4) is 0 Å².